The summed E-state index contributed by atoms with van der Waals surface area (Å²) in [4.78, 5) is 47.6. The molecule has 0 radical (unpaired) electrons. The third kappa shape index (κ3) is 18.0. The summed E-state index contributed by atoms with van der Waals surface area (Å²) >= 11 is 0. The molecular weight excluding hydrogens is 1080 g/mol. The topological polar surface area (TPSA) is 355 Å². The number of rotatable bonds is 24. The highest BCUT2D eigenvalue weighted by atomic mass is 32.2. The summed E-state index contributed by atoms with van der Waals surface area (Å²) < 4.78 is 117. The maximum atomic E-state index is 12.6. The monoisotopic (exact) mass is 1150 g/mol. The number of aromatic amines is 4. The zero-order valence-electron chi connectivity index (χ0n) is 43.9. The van der Waals surface area contributed by atoms with Crippen LogP contribution in [0.3, 0.4) is 0 Å². The molecule has 32 heteroatoms. The predicted molar refractivity (Wildman–Crippen MR) is 278 cm³/mol. The summed E-state index contributed by atoms with van der Waals surface area (Å²) in [5.74, 6) is 0.189. The molecule has 0 aromatic carbocycles. The largest absolute Gasteiger partial charge is 0.523 e. The van der Waals surface area contributed by atoms with Crippen LogP contribution in [0.15, 0.2) is 22.0 Å². The summed E-state index contributed by atoms with van der Waals surface area (Å²) in [6.07, 6.45) is 2.49. The molecule has 75 heavy (non-hydrogen) atoms. The van der Waals surface area contributed by atoms with Crippen LogP contribution in [0.5, 0.6) is 0 Å². The number of ether oxygens (including phenoxy) is 1. The molecule has 0 spiro atoms. The van der Waals surface area contributed by atoms with E-state index in [0.717, 1.165) is 17.7 Å². The van der Waals surface area contributed by atoms with Crippen LogP contribution in [0.2, 0.25) is 18.1 Å². The molecular formula is C43H75F3N10O15P2SSi. The number of fused-ring (bicyclic) bond motifs is 2. The highest BCUT2D eigenvalue weighted by Crippen LogP contribution is 2.48. The SMILES string of the molecule is CC(C)(C)[Si](C)(C)OCC1CN(Cc2c[nH]c3c(=O)[nH]c(N)nc23)CC1O.CCOP(=O)(CCOC1CN(Cc2c[nH]c3c(=O)[nH]c(N)nc23)CC1CO)OCC.CCOP(=O)(CCOS(=O)(=O)C(F)(F)F)OCC. The molecule has 2 aliphatic rings. The quantitative estimate of drug-likeness (QED) is 0.0204. The third-order valence-corrected chi connectivity index (χ3v) is 22.2. The van der Waals surface area contributed by atoms with Gasteiger partial charge in [-0.15, -0.1) is 0 Å². The van der Waals surface area contributed by atoms with Gasteiger partial charge in [0.15, 0.2) is 8.32 Å². The van der Waals surface area contributed by atoms with Crippen LogP contribution in [-0.2, 0) is 63.8 Å². The highest BCUT2D eigenvalue weighted by Gasteiger charge is 2.47. The number of nitrogens with zero attached hydrogens (tertiary/aromatic N) is 4. The van der Waals surface area contributed by atoms with Gasteiger partial charge in [0.1, 0.15) is 22.1 Å². The number of anilines is 2. The number of hydrogen-bond acceptors (Lipinski definition) is 21. The molecule has 4 unspecified atom stereocenters. The number of halogens is 3. The first-order valence-corrected chi connectivity index (χ1v) is 32.1. The molecule has 2 aliphatic heterocycles. The Hall–Kier alpha value is -3.58. The van der Waals surface area contributed by atoms with E-state index >= 15 is 0 Å². The van der Waals surface area contributed by atoms with E-state index < -0.39 is 58.0 Å². The van der Waals surface area contributed by atoms with Gasteiger partial charge in [0.25, 0.3) is 11.1 Å². The second kappa shape index (κ2) is 27.3. The van der Waals surface area contributed by atoms with Gasteiger partial charge in [0.2, 0.25) is 11.9 Å². The van der Waals surface area contributed by atoms with Gasteiger partial charge in [0.05, 0.1) is 64.2 Å². The van der Waals surface area contributed by atoms with Gasteiger partial charge in [-0.05, 0) is 45.8 Å². The Bertz CT molecular complexity index is 2770. The Kier molecular flexibility index (Phi) is 23.3. The Morgan fingerprint density at radius 1 is 0.760 bits per heavy atom. The number of β-amino-alcohol motifs (C(OH)–C–C–N with tert-alkyl or cyclic N) is 1. The number of nitrogens with one attached hydrogen (secondary N) is 4. The molecule has 4 aromatic rings. The molecule has 6 rings (SSSR count). The molecule has 2 saturated heterocycles. The van der Waals surface area contributed by atoms with Crippen molar-refractivity contribution < 1.29 is 72.4 Å². The smallest absolute Gasteiger partial charge is 0.416 e. The zero-order valence-corrected chi connectivity index (χ0v) is 47.5. The van der Waals surface area contributed by atoms with E-state index in [0.29, 0.717) is 74.6 Å². The van der Waals surface area contributed by atoms with Crippen molar-refractivity contribution in [2.75, 3.05) is 103 Å². The lowest BCUT2D eigenvalue weighted by Crippen LogP contribution is -2.43. The minimum absolute atomic E-state index is 0.0172. The fourth-order valence-electron chi connectivity index (χ4n) is 7.84. The summed E-state index contributed by atoms with van der Waals surface area (Å²) in [5.41, 5.74) is 8.94. The third-order valence-electron chi connectivity index (χ3n) is 12.6. The van der Waals surface area contributed by atoms with Gasteiger partial charge in [-0.2, -0.15) is 21.6 Å². The zero-order chi connectivity index (χ0) is 56.2. The van der Waals surface area contributed by atoms with E-state index in [9.17, 15) is 50.5 Å². The molecule has 2 fully saturated rings. The fraction of sp³-hybridized carbons (Fsp3) is 0.721. The minimum Gasteiger partial charge on any atom is -0.416 e. The summed E-state index contributed by atoms with van der Waals surface area (Å²) in [7, 11) is -14.3. The lowest BCUT2D eigenvalue weighted by molar-refractivity contribution is -0.0539. The molecule has 4 atom stereocenters. The molecule has 10 N–H and O–H groups in total. The van der Waals surface area contributed by atoms with Crippen molar-refractivity contribution >= 4 is 67.6 Å². The van der Waals surface area contributed by atoms with Crippen LogP contribution >= 0.6 is 15.2 Å². The molecule has 428 valence electrons. The Morgan fingerprint density at radius 3 is 1.63 bits per heavy atom. The minimum atomic E-state index is -5.68. The van der Waals surface area contributed by atoms with Crippen molar-refractivity contribution in [3.8, 4) is 0 Å². The number of alkyl halides is 3. The van der Waals surface area contributed by atoms with Crippen molar-refractivity contribution in [2.45, 2.75) is 97.4 Å². The number of aliphatic hydroxyl groups is 2. The predicted octanol–water partition coefficient (Wildman–Crippen LogP) is 4.68. The van der Waals surface area contributed by atoms with Crippen LogP contribution in [0, 0.1) is 11.8 Å². The lowest BCUT2D eigenvalue weighted by Gasteiger charge is -2.37. The maximum Gasteiger partial charge on any atom is 0.523 e. The van der Waals surface area contributed by atoms with Crippen molar-refractivity contribution in [1.82, 2.24) is 39.7 Å². The lowest BCUT2D eigenvalue weighted by atomic mass is 10.1. The molecule has 0 amide bonds. The Balaban J connectivity index is 0.000000252. The van der Waals surface area contributed by atoms with Gasteiger partial charge in [0, 0.05) is 87.8 Å². The molecule has 0 saturated carbocycles. The summed E-state index contributed by atoms with van der Waals surface area (Å²) in [5, 5.41) is 20.4. The molecule has 6 heterocycles. The number of nitrogens with two attached hydrogens (primary N) is 2. The van der Waals surface area contributed by atoms with Gasteiger partial charge < -0.3 is 58.9 Å². The van der Waals surface area contributed by atoms with E-state index in [-0.39, 0.29) is 78.6 Å². The average Bonchev–Trinajstić information content (AvgIpc) is 4.09. The first-order valence-electron chi connectivity index (χ1n) is 24.4. The first-order chi connectivity index (χ1) is 34.9. The normalized spacial score (nSPS) is 19.4. The second-order valence-electron chi connectivity index (χ2n) is 19.2. The number of nitrogen functional groups attached to an aromatic ring is 2. The van der Waals surface area contributed by atoms with Gasteiger partial charge >= 0.3 is 30.8 Å². The highest BCUT2D eigenvalue weighted by molar-refractivity contribution is 7.87. The van der Waals surface area contributed by atoms with E-state index in [1.807, 2.05) is 0 Å². The van der Waals surface area contributed by atoms with Gasteiger partial charge in [-0.1, -0.05) is 20.8 Å². The maximum absolute atomic E-state index is 12.6. The summed E-state index contributed by atoms with van der Waals surface area (Å²) in [6.45, 7) is 21.8. The van der Waals surface area contributed by atoms with Gasteiger partial charge in [-0.3, -0.25) is 42.7 Å². The van der Waals surface area contributed by atoms with E-state index in [4.69, 9.17) is 38.7 Å². The van der Waals surface area contributed by atoms with Crippen molar-refractivity contribution in [2.24, 2.45) is 11.8 Å². The van der Waals surface area contributed by atoms with Gasteiger partial charge in [-0.25, -0.2) is 9.97 Å². The number of hydrogen-bond donors (Lipinski definition) is 8. The van der Waals surface area contributed by atoms with E-state index in [1.54, 1.807) is 26.2 Å². The van der Waals surface area contributed by atoms with Crippen molar-refractivity contribution in [1.29, 1.82) is 0 Å². The molecule has 25 nitrogen and oxygen atoms in total. The van der Waals surface area contributed by atoms with Crippen LogP contribution in [-0.4, -0.2) is 176 Å². The standard InChI is InChI=1S/C18H30N5O6P.C18H31N5O3Si.C7H14F3O6PS/c1-3-28-30(26,29-4-2)6-5-27-14-10-23(9-13(14)11-24)8-12-7-20-16-15(12)21-18(19)22-17(16)25;1-18(2,3)27(4,5)26-10-12-8-23(9-13(12)24)7-11-6-20-15-14(11)21-17(19)22-16(15)25;1-3-14-17(11,15-4-2)6-5-16-18(12,13)7(8,9)10/h7,13-14,20,24H,3-6,8-11H2,1-2H3,(H3,19,21,22,25);6,12-13,20,24H,7-10H2,1-5H3,(H3,19,21,22,25);3-6H2,1-2H3. The fourth-order valence-corrected chi connectivity index (χ4v) is 12.3. The second-order valence-corrected chi connectivity index (χ2v) is 30.0. The van der Waals surface area contributed by atoms with Crippen LogP contribution < -0.4 is 22.6 Å². The van der Waals surface area contributed by atoms with Crippen molar-refractivity contribution in [3.63, 3.8) is 0 Å². The van der Waals surface area contributed by atoms with Crippen LogP contribution in [0.25, 0.3) is 22.1 Å². The number of aromatic nitrogens is 6. The number of likely N-dealkylation sites (tertiary alicyclic amines) is 2. The molecule has 0 bridgehead atoms. The van der Waals surface area contributed by atoms with E-state index in [2.05, 4.69) is 77.8 Å². The number of aliphatic hydroxyl groups excluding tert-OH is 2. The average molecular weight is 1150 g/mol. The van der Waals surface area contributed by atoms with Crippen LogP contribution in [0.1, 0.15) is 59.6 Å². The first kappa shape index (κ1) is 63.9. The van der Waals surface area contributed by atoms with E-state index in [1.165, 1.54) is 13.8 Å². The molecule has 4 aromatic heterocycles. The summed E-state index contributed by atoms with van der Waals surface area (Å²) in [6, 6.07) is 0. The Morgan fingerprint density at radius 2 is 1.20 bits per heavy atom. The van der Waals surface area contributed by atoms with Crippen LogP contribution in [0.4, 0.5) is 25.1 Å². The number of H-pyrrole nitrogens is 4. The molecule has 0 aliphatic carbocycles. The van der Waals surface area contributed by atoms with Crippen molar-refractivity contribution in [3.05, 3.63) is 44.2 Å². The Labute approximate surface area is 434 Å².